The molecule has 0 N–H and O–H groups in total. The van der Waals surface area contributed by atoms with E-state index < -0.39 is 0 Å². The van der Waals surface area contributed by atoms with Crippen molar-refractivity contribution in [1.82, 2.24) is 4.90 Å². The summed E-state index contributed by atoms with van der Waals surface area (Å²) in [5.41, 5.74) is 2.23. The van der Waals surface area contributed by atoms with Crippen molar-refractivity contribution in [3.63, 3.8) is 0 Å². The fourth-order valence-corrected chi connectivity index (χ4v) is 0.765. The summed E-state index contributed by atoms with van der Waals surface area (Å²) in [5.74, 6) is 0. The molecule has 0 aromatic carbocycles. The van der Waals surface area contributed by atoms with E-state index in [1.807, 2.05) is 20.0 Å². The molecule has 1 nitrogen and oxygen atoms in total. The first-order valence-electron chi connectivity index (χ1n) is 3.83. The summed E-state index contributed by atoms with van der Waals surface area (Å²) in [7, 11) is 2.03. The Bertz CT molecular complexity index is 177. The predicted molar refractivity (Wildman–Crippen MR) is 51.4 cm³/mol. The van der Waals surface area contributed by atoms with Gasteiger partial charge in [0.15, 0.2) is 0 Å². The molecule has 0 aliphatic heterocycles. The monoisotopic (exact) mass is 151 g/mol. The third-order valence-electron chi connectivity index (χ3n) is 1.76. The summed E-state index contributed by atoms with van der Waals surface area (Å²) >= 11 is 0. The first kappa shape index (κ1) is 10.0. The van der Waals surface area contributed by atoms with Crippen LogP contribution in [0.15, 0.2) is 36.6 Å². The minimum Gasteiger partial charge on any atom is -0.375 e. The maximum atomic E-state index is 3.95. The first-order valence-corrected chi connectivity index (χ1v) is 3.83. The van der Waals surface area contributed by atoms with Crippen LogP contribution >= 0.6 is 0 Å². The van der Waals surface area contributed by atoms with Crippen molar-refractivity contribution in [2.45, 2.75) is 13.8 Å². The zero-order valence-electron chi connectivity index (χ0n) is 7.72. The van der Waals surface area contributed by atoms with Crippen molar-refractivity contribution < 1.29 is 0 Å². The van der Waals surface area contributed by atoms with Gasteiger partial charge in [-0.15, -0.1) is 0 Å². The molecule has 0 saturated heterocycles. The van der Waals surface area contributed by atoms with Gasteiger partial charge in [-0.05, 0) is 19.4 Å². The predicted octanol–water partition coefficient (Wildman–Crippen LogP) is 2.58. The third-order valence-corrected chi connectivity index (χ3v) is 1.76. The van der Waals surface area contributed by atoms with Gasteiger partial charge in [0, 0.05) is 19.3 Å². The SMILES string of the molecule is C=C/C=C(/C)C(=C)N(C)CC. The Labute approximate surface area is 69.7 Å². The maximum Gasteiger partial charge on any atom is 0.0320 e. The molecule has 0 radical (unpaired) electrons. The van der Waals surface area contributed by atoms with Crippen LogP contribution in [0.1, 0.15) is 13.8 Å². The Morgan fingerprint density at radius 1 is 1.55 bits per heavy atom. The molecule has 0 bridgehead atoms. The number of likely N-dealkylation sites (N-methyl/N-ethyl adjacent to an activating group) is 1. The standard InChI is InChI=1S/C10H17N/c1-6-8-9(3)10(4)11(5)7-2/h6,8H,1,4,7H2,2-3,5H3/b9-8-. The zero-order valence-corrected chi connectivity index (χ0v) is 7.72. The van der Waals surface area contributed by atoms with E-state index in [0.717, 1.165) is 12.2 Å². The molecule has 0 aliphatic carbocycles. The summed E-state index contributed by atoms with van der Waals surface area (Å²) in [4.78, 5) is 2.11. The first-order chi connectivity index (χ1) is 5.13. The number of rotatable bonds is 4. The fraction of sp³-hybridized carbons (Fsp3) is 0.400. The van der Waals surface area contributed by atoms with Crippen LogP contribution in [0.2, 0.25) is 0 Å². The summed E-state index contributed by atoms with van der Waals surface area (Å²) in [6, 6.07) is 0. The molecule has 0 aromatic heterocycles. The summed E-state index contributed by atoms with van der Waals surface area (Å²) in [6.07, 6.45) is 3.75. The smallest absolute Gasteiger partial charge is 0.0320 e. The van der Waals surface area contributed by atoms with Crippen molar-refractivity contribution >= 4 is 0 Å². The molecule has 11 heavy (non-hydrogen) atoms. The van der Waals surface area contributed by atoms with Gasteiger partial charge in [-0.25, -0.2) is 0 Å². The van der Waals surface area contributed by atoms with Gasteiger partial charge in [0.05, 0.1) is 0 Å². The van der Waals surface area contributed by atoms with Gasteiger partial charge in [-0.1, -0.05) is 25.3 Å². The molecule has 1 heteroatoms. The summed E-state index contributed by atoms with van der Waals surface area (Å²) < 4.78 is 0. The molecule has 0 atom stereocenters. The second-order valence-electron chi connectivity index (χ2n) is 2.55. The highest BCUT2D eigenvalue weighted by Crippen LogP contribution is 2.09. The number of nitrogens with zero attached hydrogens (tertiary/aromatic N) is 1. The van der Waals surface area contributed by atoms with Crippen LogP contribution in [0.4, 0.5) is 0 Å². The largest absolute Gasteiger partial charge is 0.375 e. The number of hydrogen-bond donors (Lipinski definition) is 0. The molecule has 0 aliphatic rings. The van der Waals surface area contributed by atoms with Gasteiger partial charge in [-0.3, -0.25) is 0 Å². The van der Waals surface area contributed by atoms with E-state index in [1.165, 1.54) is 5.57 Å². The fourth-order valence-electron chi connectivity index (χ4n) is 0.765. The van der Waals surface area contributed by atoms with Crippen LogP contribution in [-0.4, -0.2) is 18.5 Å². The van der Waals surface area contributed by atoms with E-state index in [9.17, 15) is 0 Å². The number of allylic oxidation sites excluding steroid dienone is 3. The third kappa shape index (κ3) is 3.08. The van der Waals surface area contributed by atoms with Gasteiger partial charge < -0.3 is 4.90 Å². The van der Waals surface area contributed by atoms with Crippen molar-refractivity contribution in [3.8, 4) is 0 Å². The summed E-state index contributed by atoms with van der Waals surface area (Å²) in [5, 5.41) is 0. The lowest BCUT2D eigenvalue weighted by Crippen LogP contribution is -2.16. The molecule has 0 heterocycles. The van der Waals surface area contributed by atoms with E-state index in [1.54, 1.807) is 6.08 Å². The van der Waals surface area contributed by atoms with E-state index in [4.69, 9.17) is 0 Å². The molecule has 0 fully saturated rings. The Morgan fingerprint density at radius 2 is 2.09 bits per heavy atom. The topological polar surface area (TPSA) is 3.24 Å². The maximum absolute atomic E-state index is 3.95. The zero-order chi connectivity index (χ0) is 8.85. The second-order valence-corrected chi connectivity index (χ2v) is 2.55. The molecule has 62 valence electrons. The highest BCUT2D eigenvalue weighted by molar-refractivity contribution is 5.27. The van der Waals surface area contributed by atoms with Crippen LogP contribution in [0.3, 0.4) is 0 Å². The normalized spacial score (nSPS) is 11.0. The van der Waals surface area contributed by atoms with Crippen LogP contribution in [0.25, 0.3) is 0 Å². The number of hydrogen-bond acceptors (Lipinski definition) is 1. The highest BCUT2D eigenvalue weighted by atomic mass is 15.1. The second kappa shape index (κ2) is 4.78. The van der Waals surface area contributed by atoms with E-state index in [0.29, 0.717) is 0 Å². The van der Waals surface area contributed by atoms with Crippen molar-refractivity contribution in [2.24, 2.45) is 0 Å². The van der Waals surface area contributed by atoms with Crippen LogP contribution in [0, 0.1) is 0 Å². The minimum atomic E-state index is 0.987. The molecule has 0 unspecified atom stereocenters. The highest BCUT2D eigenvalue weighted by Gasteiger charge is 1.99. The average molecular weight is 151 g/mol. The lowest BCUT2D eigenvalue weighted by Gasteiger charge is -2.19. The average Bonchev–Trinajstić information content (AvgIpc) is 2.02. The van der Waals surface area contributed by atoms with Crippen LogP contribution in [-0.2, 0) is 0 Å². The van der Waals surface area contributed by atoms with E-state index in [2.05, 4.69) is 25.0 Å². The summed E-state index contributed by atoms with van der Waals surface area (Å²) in [6.45, 7) is 12.7. The van der Waals surface area contributed by atoms with Crippen LogP contribution in [0.5, 0.6) is 0 Å². The van der Waals surface area contributed by atoms with E-state index in [-0.39, 0.29) is 0 Å². The minimum absolute atomic E-state index is 0.987. The molecular weight excluding hydrogens is 134 g/mol. The Kier molecular flexibility index (Phi) is 4.35. The van der Waals surface area contributed by atoms with Gasteiger partial charge >= 0.3 is 0 Å². The van der Waals surface area contributed by atoms with Crippen molar-refractivity contribution in [3.05, 3.63) is 36.6 Å². The molecule has 0 rings (SSSR count). The Balaban J connectivity index is 4.24. The molecule has 0 aromatic rings. The molecule has 0 amide bonds. The van der Waals surface area contributed by atoms with Gasteiger partial charge in [0.2, 0.25) is 0 Å². The van der Waals surface area contributed by atoms with Crippen LogP contribution < -0.4 is 0 Å². The van der Waals surface area contributed by atoms with Gasteiger partial charge in [0.25, 0.3) is 0 Å². The van der Waals surface area contributed by atoms with Gasteiger partial charge in [-0.2, -0.15) is 0 Å². The Hall–Kier alpha value is -0.980. The van der Waals surface area contributed by atoms with E-state index >= 15 is 0 Å². The Morgan fingerprint density at radius 3 is 2.45 bits per heavy atom. The molecular formula is C10H17N. The van der Waals surface area contributed by atoms with Crippen molar-refractivity contribution in [2.75, 3.05) is 13.6 Å². The quantitative estimate of drug-likeness (QED) is 0.558. The molecule has 0 saturated carbocycles. The lowest BCUT2D eigenvalue weighted by atomic mass is 10.2. The van der Waals surface area contributed by atoms with Crippen molar-refractivity contribution in [1.29, 1.82) is 0 Å². The van der Waals surface area contributed by atoms with Gasteiger partial charge in [0.1, 0.15) is 0 Å². The molecule has 0 spiro atoms. The lowest BCUT2D eigenvalue weighted by molar-refractivity contribution is 0.452.